The number of anilines is 1. The number of carbonyl (C=O) groups is 2. The first-order chi connectivity index (χ1) is 12.8. The molecule has 7 heteroatoms. The molecule has 1 aromatic carbocycles. The number of fused-ring (bicyclic) bond motifs is 1. The quantitative estimate of drug-likeness (QED) is 0.595. The van der Waals surface area contributed by atoms with Crippen molar-refractivity contribution >= 4 is 51.9 Å². The van der Waals surface area contributed by atoms with Gasteiger partial charge in [0, 0.05) is 19.3 Å². The van der Waals surface area contributed by atoms with Crippen LogP contribution in [0, 0.1) is 5.92 Å². The molecule has 144 valence electrons. The number of carboxylic acid groups (broad SMARTS) is 1. The van der Waals surface area contributed by atoms with Gasteiger partial charge in [-0.1, -0.05) is 43.9 Å². The van der Waals surface area contributed by atoms with E-state index in [2.05, 4.69) is 24.1 Å². The van der Waals surface area contributed by atoms with Gasteiger partial charge in [0.05, 0.1) is 4.91 Å². The van der Waals surface area contributed by atoms with Gasteiger partial charge in [0.2, 0.25) is 0 Å². The smallest absolute Gasteiger partial charge is 0.326 e. The maximum absolute atomic E-state index is 12.9. The zero-order valence-electron chi connectivity index (χ0n) is 15.8. The second kappa shape index (κ2) is 8.02. The van der Waals surface area contributed by atoms with Gasteiger partial charge in [0.25, 0.3) is 5.91 Å². The lowest BCUT2D eigenvalue weighted by Gasteiger charge is -2.27. The molecule has 0 aromatic heterocycles. The van der Waals surface area contributed by atoms with Crippen LogP contribution < -0.4 is 4.90 Å². The number of carboxylic acids is 1. The molecular formula is C20H24N2O3S2. The first-order valence-corrected chi connectivity index (χ1v) is 10.3. The van der Waals surface area contributed by atoms with Crippen molar-refractivity contribution in [3.63, 3.8) is 0 Å². The molecular weight excluding hydrogens is 380 g/mol. The summed E-state index contributed by atoms with van der Waals surface area (Å²) in [7, 11) is 2.09. The highest BCUT2D eigenvalue weighted by Gasteiger charge is 2.40. The number of benzene rings is 1. The van der Waals surface area contributed by atoms with E-state index in [1.807, 2.05) is 26.0 Å². The standard InChI is InChI=1S/C20H24N2O3S2/c1-12(2)9-16(19(24)25)22-18(23)17(27-20(22)26)11-13-6-7-15-14(10-13)5-4-8-21(15)3/h6-7,10-12,16H,4-5,8-9H2,1-3H3,(H,24,25)/b17-11-/t16-/m1/s1. The highest BCUT2D eigenvalue weighted by molar-refractivity contribution is 8.26. The fourth-order valence-electron chi connectivity index (χ4n) is 3.56. The average Bonchev–Trinajstić information content (AvgIpc) is 2.86. The number of nitrogens with zero attached hydrogens (tertiary/aromatic N) is 2. The van der Waals surface area contributed by atoms with Crippen LogP contribution in [0.4, 0.5) is 5.69 Å². The maximum Gasteiger partial charge on any atom is 0.326 e. The molecule has 0 saturated carbocycles. The van der Waals surface area contributed by atoms with Gasteiger partial charge in [-0.15, -0.1) is 0 Å². The number of amides is 1. The summed E-state index contributed by atoms with van der Waals surface area (Å²) >= 11 is 6.51. The van der Waals surface area contributed by atoms with Gasteiger partial charge in [0.15, 0.2) is 0 Å². The molecule has 0 unspecified atom stereocenters. The van der Waals surface area contributed by atoms with Crippen LogP contribution in [-0.4, -0.2) is 45.8 Å². The van der Waals surface area contributed by atoms with E-state index < -0.39 is 12.0 Å². The van der Waals surface area contributed by atoms with Crippen LogP contribution in [-0.2, 0) is 16.0 Å². The summed E-state index contributed by atoms with van der Waals surface area (Å²) in [6.07, 6.45) is 4.34. The topological polar surface area (TPSA) is 60.9 Å². The van der Waals surface area contributed by atoms with E-state index in [0.29, 0.717) is 15.6 Å². The molecule has 5 nitrogen and oxygen atoms in total. The zero-order chi connectivity index (χ0) is 19.7. The van der Waals surface area contributed by atoms with Crippen LogP contribution in [0.15, 0.2) is 23.1 Å². The molecule has 2 aliphatic rings. The Bertz CT molecular complexity index is 819. The third-order valence-electron chi connectivity index (χ3n) is 4.87. The summed E-state index contributed by atoms with van der Waals surface area (Å²) < 4.78 is 0.317. The molecule has 1 N–H and O–H groups in total. The van der Waals surface area contributed by atoms with Crippen LogP contribution >= 0.6 is 24.0 Å². The number of aryl methyl sites for hydroxylation is 1. The third kappa shape index (κ3) is 4.19. The normalized spacial score (nSPS) is 19.8. The fraction of sp³-hybridized carbons (Fsp3) is 0.450. The predicted molar refractivity (Wildman–Crippen MR) is 114 cm³/mol. The maximum atomic E-state index is 12.9. The van der Waals surface area contributed by atoms with E-state index >= 15 is 0 Å². The Hall–Kier alpha value is -1.86. The van der Waals surface area contributed by atoms with Crippen molar-refractivity contribution in [3.8, 4) is 0 Å². The molecule has 1 fully saturated rings. The van der Waals surface area contributed by atoms with Crippen molar-refractivity contribution in [2.24, 2.45) is 5.92 Å². The number of aliphatic carboxylic acids is 1. The minimum absolute atomic E-state index is 0.150. The van der Waals surface area contributed by atoms with E-state index in [1.54, 1.807) is 0 Å². The first kappa shape index (κ1) is 19.9. The lowest BCUT2D eigenvalue weighted by atomic mass is 9.99. The van der Waals surface area contributed by atoms with E-state index in [-0.39, 0.29) is 11.8 Å². The number of carbonyl (C=O) groups excluding carboxylic acids is 1. The third-order valence-corrected chi connectivity index (χ3v) is 6.20. The lowest BCUT2D eigenvalue weighted by Crippen LogP contribution is -2.44. The molecule has 0 aliphatic carbocycles. The van der Waals surface area contributed by atoms with Gasteiger partial charge in [-0.3, -0.25) is 9.69 Å². The van der Waals surface area contributed by atoms with Crippen molar-refractivity contribution in [2.45, 2.75) is 39.2 Å². The minimum atomic E-state index is -1.02. The van der Waals surface area contributed by atoms with Gasteiger partial charge in [0.1, 0.15) is 10.4 Å². The van der Waals surface area contributed by atoms with Crippen molar-refractivity contribution in [1.29, 1.82) is 0 Å². The van der Waals surface area contributed by atoms with Crippen LogP contribution in [0.2, 0.25) is 0 Å². The molecule has 3 rings (SSSR count). The zero-order valence-corrected chi connectivity index (χ0v) is 17.4. The van der Waals surface area contributed by atoms with Gasteiger partial charge < -0.3 is 10.0 Å². The number of thiocarbonyl (C=S) groups is 1. The van der Waals surface area contributed by atoms with Crippen molar-refractivity contribution < 1.29 is 14.7 Å². The van der Waals surface area contributed by atoms with Crippen molar-refractivity contribution in [2.75, 3.05) is 18.5 Å². The Morgan fingerprint density at radius 2 is 2.15 bits per heavy atom. The predicted octanol–water partition coefficient (Wildman–Crippen LogP) is 3.77. The monoisotopic (exact) mass is 404 g/mol. The summed E-state index contributed by atoms with van der Waals surface area (Å²) in [5, 5.41) is 9.56. The largest absolute Gasteiger partial charge is 0.480 e. The average molecular weight is 405 g/mol. The molecule has 0 spiro atoms. The molecule has 1 aromatic rings. The van der Waals surface area contributed by atoms with Gasteiger partial charge in [-0.05, 0) is 54.5 Å². The van der Waals surface area contributed by atoms with Crippen LogP contribution in [0.25, 0.3) is 6.08 Å². The molecule has 1 atom stereocenters. The highest BCUT2D eigenvalue weighted by atomic mass is 32.2. The Morgan fingerprint density at radius 1 is 1.41 bits per heavy atom. The summed E-state index contributed by atoms with van der Waals surface area (Å²) in [6.45, 7) is 4.93. The second-order valence-corrected chi connectivity index (χ2v) is 9.12. The number of hydrogen-bond acceptors (Lipinski definition) is 5. The summed E-state index contributed by atoms with van der Waals surface area (Å²) in [4.78, 5) is 28.5. The number of hydrogen-bond donors (Lipinski definition) is 1. The lowest BCUT2D eigenvalue weighted by molar-refractivity contribution is -0.145. The molecule has 2 heterocycles. The van der Waals surface area contributed by atoms with Crippen LogP contribution in [0.3, 0.4) is 0 Å². The molecule has 2 aliphatic heterocycles. The van der Waals surface area contributed by atoms with Crippen LogP contribution in [0.1, 0.15) is 37.8 Å². The van der Waals surface area contributed by atoms with Gasteiger partial charge in [-0.2, -0.15) is 0 Å². The van der Waals surface area contributed by atoms with E-state index in [0.717, 1.165) is 24.9 Å². The molecule has 1 amide bonds. The fourth-order valence-corrected chi connectivity index (χ4v) is 4.91. The molecule has 1 saturated heterocycles. The van der Waals surface area contributed by atoms with Gasteiger partial charge >= 0.3 is 5.97 Å². The minimum Gasteiger partial charge on any atom is -0.480 e. The van der Waals surface area contributed by atoms with Gasteiger partial charge in [-0.25, -0.2) is 4.79 Å². The second-order valence-electron chi connectivity index (χ2n) is 7.45. The molecule has 0 radical (unpaired) electrons. The summed E-state index contributed by atoms with van der Waals surface area (Å²) in [6, 6.07) is 5.27. The van der Waals surface area contributed by atoms with E-state index in [1.165, 1.54) is 27.9 Å². The summed E-state index contributed by atoms with van der Waals surface area (Å²) in [5.41, 5.74) is 3.45. The summed E-state index contributed by atoms with van der Waals surface area (Å²) in [5.74, 6) is -1.18. The van der Waals surface area contributed by atoms with E-state index in [9.17, 15) is 14.7 Å². The molecule has 27 heavy (non-hydrogen) atoms. The van der Waals surface area contributed by atoms with Crippen molar-refractivity contribution in [3.05, 3.63) is 34.2 Å². The first-order valence-electron chi connectivity index (χ1n) is 9.12. The molecule has 0 bridgehead atoms. The Labute approximate surface area is 169 Å². The number of thioether (sulfide) groups is 1. The van der Waals surface area contributed by atoms with Crippen molar-refractivity contribution in [1.82, 2.24) is 4.90 Å². The SMILES string of the molecule is CC(C)C[C@H](C(=O)O)N1C(=O)/C(=C/c2ccc3c(c2)CCCN3C)SC1=S. The van der Waals surface area contributed by atoms with E-state index in [4.69, 9.17) is 12.2 Å². The Balaban J connectivity index is 1.87. The van der Waals surface area contributed by atoms with Crippen LogP contribution in [0.5, 0.6) is 0 Å². The Kier molecular flexibility index (Phi) is 5.91. The highest BCUT2D eigenvalue weighted by Crippen LogP contribution is 2.36. The Morgan fingerprint density at radius 3 is 2.81 bits per heavy atom. The number of rotatable bonds is 5.